The summed E-state index contributed by atoms with van der Waals surface area (Å²) in [5, 5.41) is -0.00694. The lowest BCUT2D eigenvalue weighted by Gasteiger charge is -1.90. The number of nitrogens with zero attached hydrogens (tertiary/aromatic N) is 3. The maximum atomic E-state index is 11.0. The first-order chi connectivity index (χ1) is 5.20. The maximum absolute atomic E-state index is 11.0. The van der Waals surface area contributed by atoms with Gasteiger partial charge in [0.25, 0.3) is 0 Å². The molecule has 56 valence electrons. The second kappa shape index (κ2) is 1.85. The number of fused-ring (bicyclic) bond motifs is 1. The van der Waals surface area contributed by atoms with E-state index in [9.17, 15) is 8.42 Å². The molecule has 6 heteroatoms. The summed E-state index contributed by atoms with van der Waals surface area (Å²) in [4.78, 5) is 10.8. The van der Waals surface area contributed by atoms with E-state index in [1.165, 1.54) is 12.5 Å². The second-order valence-electron chi connectivity index (χ2n) is 1.99. The van der Waals surface area contributed by atoms with Crippen molar-refractivity contribution in [2.75, 3.05) is 0 Å². The van der Waals surface area contributed by atoms with Crippen LogP contribution in [0.4, 0.5) is 5.69 Å². The molecular formula is C5H3N3O2S. The van der Waals surface area contributed by atoms with E-state index in [0.29, 0.717) is 5.69 Å². The van der Waals surface area contributed by atoms with Gasteiger partial charge in [-0.15, -0.1) is 0 Å². The van der Waals surface area contributed by atoms with E-state index in [1.807, 2.05) is 0 Å². The smallest absolute Gasteiger partial charge is 0.236 e. The van der Waals surface area contributed by atoms with Gasteiger partial charge in [-0.2, -0.15) is 0 Å². The topological polar surface area (TPSA) is 72.3 Å². The van der Waals surface area contributed by atoms with E-state index >= 15 is 0 Å². The average molecular weight is 169 g/mol. The van der Waals surface area contributed by atoms with Crippen LogP contribution < -0.4 is 0 Å². The number of hydrogen-bond donors (Lipinski definition) is 0. The third-order valence-electron chi connectivity index (χ3n) is 1.26. The number of hydrogen-bond acceptors (Lipinski definition) is 5. The fourth-order valence-electron chi connectivity index (χ4n) is 0.795. The van der Waals surface area contributed by atoms with Gasteiger partial charge in [-0.1, -0.05) is 0 Å². The molecule has 0 radical (unpaired) electrons. The van der Waals surface area contributed by atoms with Gasteiger partial charge < -0.3 is 0 Å². The van der Waals surface area contributed by atoms with E-state index < -0.39 is 9.84 Å². The predicted octanol–water partition coefficient (Wildman–Crippen LogP) is -0.0763. The van der Waals surface area contributed by atoms with Gasteiger partial charge in [0.05, 0.1) is 6.20 Å². The first-order valence-electron chi connectivity index (χ1n) is 2.79. The lowest BCUT2D eigenvalue weighted by molar-refractivity contribution is 0.606. The molecule has 0 fully saturated rings. The minimum absolute atomic E-state index is 0.00694. The molecule has 0 aliphatic carbocycles. The molecule has 5 nitrogen and oxygen atoms in total. The van der Waals surface area contributed by atoms with Crippen LogP contribution in [0.3, 0.4) is 0 Å². The molecule has 0 amide bonds. The van der Waals surface area contributed by atoms with E-state index in [0.717, 1.165) is 5.55 Å². The SMILES string of the molecule is O=S1(=O)C=Nc2cncnc21. The van der Waals surface area contributed by atoms with Crippen molar-refractivity contribution < 1.29 is 8.42 Å². The third-order valence-corrected chi connectivity index (χ3v) is 2.49. The van der Waals surface area contributed by atoms with Gasteiger partial charge in [-0.05, 0) is 0 Å². The summed E-state index contributed by atoms with van der Waals surface area (Å²) in [6.07, 6.45) is 2.55. The van der Waals surface area contributed by atoms with Gasteiger partial charge in [0, 0.05) is 0 Å². The first kappa shape index (κ1) is 6.41. The Morgan fingerprint density at radius 3 is 2.91 bits per heavy atom. The number of aliphatic imine (C=N–C) groups is 1. The largest absolute Gasteiger partial charge is 0.242 e. The Morgan fingerprint density at radius 2 is 2.18 bits per heavy atom. The van der Waals surface area contributed by atoms with E-state index in [1.54, 1.807) is 0 Å². The predicted molar refractivity (Wildman–Crippen MR) is 37.4 cm³/mol. The lowest BCUT2D eigenvalue weighted by Crippen LogP contribution is -1.98. The van der Waals surface area contributed by atoms with E-state index in [-0.39, 0.29) is 5.03 Å². The quantitative estimate of drug-likeness (QED) is 0.509. The third kappa shape index (κ3) is 0.829. The number of sulfone groups is 1. The Kier molecular flexibility index (Phi) is 1.08. The summed E-state index contributed by atoms with van der Waals surface area (Å²) >= 11 is 0. The number of aromatic nitrogens is 2. The molecule has 0 saturated carbocycles. The molecular weight excluding hydrogens is 166 g/mol. The fourth-order valence-corrected chi connectivity index (χ4v) is 1.74. The Morgan fingerprint density at radius 1 is 1.36 bits per heavy atom. The van der Waals surface area contributed by atoms with Crippen LogP contribution in [0.5, 0.6) is 0 Å². The van der Waals surface area contributed by atoms with Gasteiger partial charge >= 0.3 is 0 Å². The Bertz CT molecular complexity index is 423. The molecule has 0 saturated heterocycles. The van der Waals surface area contributed by atoms with Crippen LogP contribution in [0.2, 0.25) is 0 Å². The average Bonchev–Trinajstić information content (AvgIpc) is 2.29. The Hall–Kier alpha value is -1.30. The van der Waals surface area contributed by atoms with Crippen molar-refractivity contribution in [2.45, 2.75) is 5.03 Å². The summed E-state index contributed by atoms with van der Waals surface area (Å²) < 4.78 is 22.0. The summed E-state index contributed by atoms with van der Waals surface area (Å²) in [7, 11) is -3.35. The van der Waals surface area contributed by atoms with Crippen LogP contribution in [0.25, 0.3) is 0 Å². The summed E-state index contributed by atoms with van der Waals surface area (Å²) in [6.45, 7) is 0. The van der Waals surface area contributed by atoms with Gasteiger partial charge in [-0.3, -0.25) is 0 Å². The highest BCUT2D eigenvalue weighted by molar-refractivity contribution is 8.04. The Labute approximate surface area is 62.8 Å². The molecule has 0 atom stereocenters. The summed E-state index contributed by atoms with van der Waals surface area (Å²) in [5.41, 5.74) is 1.19. The van der Waals surface area contributed by atoms with Crippen molar-refractivity contribution in [3.8, 4) is 0 Å². The fraction of sp³-hybridized carbons (Fsp3) is 0. The van der Waals surface area contributed by atoms with Crippen LogP contribution >= 0.6 is 0 Å². The molecule has 0 unspecified atom stereocenters. The van der Waals surface area contributed by atoms with Crippen LogP contribution in [0.15, 0.2) is 22.5 Å². The zero-order valence-electron chi connectivity index (χ0n) is 5.30. The van der Waals surface area contributed by atoms with Crippen molar-refractivity contribution in [3.63, 3.8) is 0 Å². The molecule has 1 aliphatic heterocycles. The normalized spacial score (nSPS) is 18.2. The van der Waals surface area contributed by atoms with Crippen molar-refractivity contribution in [3.05, 3.63) is 12.5 Å². The van der Waals surface area contributed by atoms with Crippen molar-refractivity contribution >= 4 is 21.1 Å². The van der Waals surface area contributed by atoms with E-state index in [2.05, 4.69) is 15.0 Å². The number of rotatable bonds is 0. The van der Waals surface area contributed by atoms with Crippen molar-refractivity contribution in [1.29, 1.82) is 0 Å². The minimum Gasteiger partial charge on any atom is -0.242 e. The Balaban J connectivity index is 2.84. The molecule has 0 bridgehead atoms. The molecule has 0 aromatic carbocycles. The lowest BCUT2D eigenvalue weighted by atomic mass is 10.6. The van der Waals surface area contributed by atoms with Gasteiger partial charge in [0.15, 0.2) is 5.03 Å². The highest BCUT2D eigenvalue weighted by atomic mass is 32.2. The molecule has 0 N–H and O–H groups in total. The highest BCUT2D eigenvalue weighted by Gasteiger charge is 2.23. The molecule has 2 heterocycles. The van der Waals surface area contributed by atoms with Crippen LogP contribution in [0.1, 0.15) is 0 Å². The molecule has 1 aromatic heterocycles. The molecule has 2 rings (SSSR count). The van der Waals surface area contributed by atoms with Crippen LogP contribution in [0, 0.1) is 0 Å². The minimum atomic E-state index is -3.35. The maximum Gasteiger partial charge on any atom is 0.236 e. The van der Waals surface area contributed by atoms with Crippen LogP contribution in [-0.2, 0) is 9.84 Å². The van der Waals surface area contributed by atoms with Crippen LogP contribution in [-0.4, -0.2) is 23.9 Å². The zero-order chi connectivity index (χ0) is 7.90. The van der Waals surface area contributed by atoms with Crippen molar-refractivity contribution in [1.82, 2.24) is 9.97 Å². The standard InChI is InChI=1S/C5H3N3O2S/c9-11(10)3-8-4-1-6-2-7-5(4)11/h1-3H. The summed E-state index contributed by atoms with van der Waals surface area (Å²) in [6, 6.07) is 0. The zero-order valence-corrected chi connectivity index (χ0v) is 6.11. The highest BCUT2D eigenvalue weighted by Crippen LogP contribution is 2.25. The summed E-state index contributed by atoms with van der Waals surface area (Å²) in [5.74, 6) is 0. The van der Waals surface area contributed by atoms with Gasteiger partial charge in [0.2, 0.25) is 9.84 Å². The monoisotopic (exact) mass is 169 g/mol. The second-order valence-corrected chi connectivity index (χ2v) is 3.68. The van der Waals surface area contributed by atoms with Crippen molar-refractivity contribution in [2.24, 2.45) is 4.99 Å². The van der Waals surface area contributed by atoms with Gasteiger partial charge in [-0.25, -0.2) is 23.4 Å². The van der Waals surface area contributed by atoms with E-state index in [4.69, 9.17) is 0 Å². The molecule has 0 spiro atoms. The molecule has 1 aliphatic rings. The van der Waals surface area contributed by atoms with Gasteiger partial charge in [0.1, 0.15) is 17.6 Å². The molecule has 1 aromatic rings. The first-order valence-corrected chi connectivity index (χ1v) is 4.34. The molecule has 11 heavy (non-hydrogen) atoms.